The number of piperazine rings is 1. The maximum absolute atomic E-state index is 11.4. The van der Waals surface area contributed by atoms with Gasteiger partial charge in [-0.05, 0) is 25.1 Å². The molecule has 1 atom stereocenters. The minimum Gasteiger partial charge on any atom is -0.368 e. The van der Waals surface area contributed by atoms with Crippen molar-refractivity contribution in [1.82, 2.24) is 10.2 Å². The number of benzene rings is 1. The minimum atomic E-state index is 0.180. The van der Waals surface area contributed by atoms with Gasteiger partial charge in [0.05, 0.1) is 0 Å². The third-order valence-electron chi connectivity index (χ3n) is 4.13. The number of amides is 1. The zero-order chi connectivity index (χ0) is 14.5. The van der Waals surface area contributed by atoms with E-state index in [9.17, 15) is 4.79 Å². The van der Waals surface area contributed by atoms with Crippen LogP contribution in [0.1, 0.15) is 31.9 Å². The number of anilines is 1. The molecule has 1 aromatic carbocycles. The van der Waals surface area contributed by atoms with E-state index in [-0.39, 0.29) is 5.91 Å². The Morgan fingerprint density at radius 2 is 1.90 bits per heavy atom. The van der Waals surface area contributed by atoms with Gasteiger partial charge in [-0.25, -0.2) is 0 Å². The zero-order valence-electron chi connectivity index (χ0n) is 12.7. The van der Waals surface area contributed by atoms with Gasteiger partial charge >= 0.3 is 0 Å². The summed E-state index contributed by atoms with van der Waals surface area (Å²) in [5.74, 6) is 0.180. The Kier molecular flexibility index (Phi) is 5.01. The summed E-state index contributed by atoms with van der Waals surface area (Å²) in [4.78, 5) is 15.7. The van der Waals surface area contributed by atoms with E-state index in [1.165, 1.54) is 11.3 Å². The zero-order valence-corrected chi connectivity index (χ0v) is 12.7. The van der Waals surface area contributed by atoms with Crippen molar-refractivity contribution in [2.24, 2.45) is 0 Å². The summed E-state index contributed by atoms with van der Waals surface area (Å²) in [5, 5.41) is 3.38. The normalized spacial score (nSPS) is 17.1. The van der Waals surface area contributed by atoms with E-state index in [0.29, 0.717) is 6.04 Å². The summed E-state index contributed by atoms with van der Waals surface area (Å²) in [6.45, 7) is 7.32. The van der Waals surface area contributed by atoms with E-state index in [1.807, 2.05) is 11.9 Å². The Morgan fingerprint density at radius 1 is 1.25 bits per heavy atom. The van der Waals surface area contributed by atoms with Crippen LogP contribution in [0.3, 0.4) is 0 Å². The molecule has 0 saturated carbocycles. The van der Waals surface area contributed by atoms with Crippen molar-refractivity contribution in [2.75, 3.05) is 38.1 Å². The molecular formula is C16H25N3O. The standard InChI is InChI=1S/C16H25N3O/c1-4-15(17-3)14-7-5-6-8-16(14)19-11-9-18(10-12-19)13(2)20/h5-8,15,17H,4,9-12H2,1-3H3. The van der Waals surface area contributed by atoms with Crippen molar-refractivity contribution < 1.29 is 4.79 Å². The van der Waals surface area contributed by atoms with E-state index in [1.54, 1.807) is 6.92 Å². The average Bonchev–Trinajstić information content (AvgIpc) is 2.49. The van der Waals surface area contributed by atoms with Crippen LogP contribution >= 0.6 is 0 Å². The van der Waals surface area contributed by atoms with Crippen LogP contribution < -0.4 is 10.2 Å². The number of hydrogen-bond donors (Lipinski definition) is 1. The van der Waals surface area contributed by atoms with Gasteiger partial charge in [0.2, 0.25) is 5.91 Å². The Bertz CT molecular complexity index is 449. The molecule has 1 aliphatic rings. The summed E-state index contributed by atoms with van der Waals surface area (Å²) >= 11 is 0. The van der Waals surface area contributed by atoms with Crippen LogP contribution in [0.25, 0.3) is 0 Å². The van der Waals surface area contributed by atoms with E-state index < -0.39 is 0 Å². The van der Waals surface area contributed by atoms with Crippen molar-refractivity contribution in [3.63, 3.8) is 0 Å². The van der Waals surface area contributed by atoms with E-state index in [2.05, 4.69) is 41.4 Å². The van der Waals surface area contributed by atoms with Gasteiger partial charge in [0.15, 0.2) is 0 Å². The SMILES string of the molecule is CCC(NC)c1ccccc1N1CCN(C(C)=O)CC1. The molecular weight excluding hydrogens is 250 g/mol. The number of carbonyl (C=O) groups excluding carboxylic acids is 1. The molecule has 1 aliphatic heterocycles. The highest BCUT2D eigenvalue weighted by Gasteiger charge is 2.22. The number of nitrogens with one attached hydrogen (secondary N) is 1. The first-order chi connectivity index (χ1) is 9.67. The van der Waals surface area contributed by atoms with Crippen molar-refractivity contribution in [2.45, 2.75) is 26.3 Å². The van der Waals surface area contributed by atoms with Crippen molar-refractivity contribution in [1.29, 1.82) is 0 Å². The van der Waals surface area contributed by atoms with Crippen LogP contribution in [0.4, 0.5) is 5.69 Å². The molecule has 1 aromatic rings. The quantitative estimate of drug-likeness (QED) is 0.913. The third kappa shape index (κ3) is 3.12. The lowest BCUT2D eigenvalue weighted by Gasteiger charge is -2.37. The van der Waals surface area contributed by atoms with Gasteiger partial charge in [-0.2, -0.15) is 0 Å². The second-order valence-electron chi connectivity index (χ2n) is 5.30. The van der Waals surface area contributed by atoms with Gasteiger partial charge in [0, 0.05) is 44.8 Å². The highest BCUT2D eigenvalue weighted by molar-refractivity contribution is 5.73. The predicted molar refractivity (Wildman–Crippen MR) is 83.0 cm³/mol. The fourth-order valence-electron chi connectivity index (χ4n) is 2.91. The number of nitrogens with zero attached hydrogens (tertiary/aromatic N) is 2. The van der Waals surface area contributed by atoms with Crippen molar-refractivity contribution in [3.8, 4) is 0 Å². The second kappa shape index (κ2) is 6.75. The molecule has 1 fully saturated rings. The first-order valence-corrected chi connectivity index (χ1v) is 7.44. The average molecular weight is 275 g/mol. The van der Waals surface area contributed by atoms with Crippen LogP contribution in [0.5, 0.6) is 0 Å². The lowest BCUT2D eigenvalue weighted by Crippen LogP contribution is -2.48. The van der Waals surface area contributed by atoms with E-state index >= 15 is 0 Å². The van der Waals surface area contributed by atoms with Gasteiger partial charge < -0.3 is 15.1 Å². The number of hydrogen-bond acceptors (Lipinski definition) is 3. The fraction of sp³-hybridized carbons (Fsp3) is 0.562. The molecule has 1 amide bonds. The van der Waals surface area contributed by atoms with Gasteiger partial charge in [0.25, 0.3) is 0 Å². The van der Waals surface area contributed by atoms with Gasteiger partial charge in [-0.3, -0.25) is 4.79 Å². The monoisotopic (exact) mass is 275 g/mol. The van der Waals surface area contributed by atoms with Crippen LogP contribution in [0, 0.1) is 0 Å². The lowest BCUT2D eigenvalue weighted by atomic mass is 10.0. The number of rotatable bonds is 4. The van der Waals surface area contributed by atoms with Gasteiger partial charge in [-0.1, -0.05) is 25.1 Å². The number of carbonyl (C=O) groups is 1. The predicted octanol–water partition coefficient (Wildman–Crippen LogP) is 2.03. The number of para-hydroxylation sites is 1. The third-order valence-corrected chi connectivity index (χ3v) is 4.13. The van der Waals surface area contributed by atoms with Crippen LogP contribution in [-0.2, 0) is 4.79 Å². The summed E-state index contributed by atoms with van der Waals surface area (Å²) in [6, 6.07) is 8.98. The largest absolute Gasteiger partial charge is 0.368 e. The second-order valence-corrected chi connectivity index (χ2v) is 5.30. The Balaban J connectivity index is 2.15. The Morgan fingerprint density at radius 3 is 2.45 bits per heavy atom. The summed E-state index contributed by atoms with van der Waals surface area (Å²) in [5.41, 5.74) is 2.66. The molecule has 0 bridgehead atoms. The van der Waals surface area contributed by atoms with Crippen LogP contribution in [0.2, 0.25) is 0 Å². The fourth-order valence-corrected chi connectivity index (χ4v) is 2.91. The summed E-state index contributed by atoms with van der Waals surface area (Å²) in [7, 11) is 2.01. The molecule has 0 aliphatic carbocycles. The maximum atomic E-state index is 11.4. The maximum Gasteiger partial charge on any atom is 0.219 e. The summed E-state index contributed by atoms with van der Waals surface area (Å²) in [6.07, 6.45) is 1.07. The van der Waals surface area contributed by atoms with E-state index in [4.69, 9.17) is 0 Å². The van der Waals surface area contributed by atoms with E-state index in [0.717, 1.165) is 32.6 Å². The first kappa shape index (κ1) is 14.9. The lowest BCUT2D eigenvalue weighted by molar-refractivity contribution is -0.129. The Labute approximate surface area is 121 Å². The highest BCUT2D eigenvalue weighted by Crippen LogP contribution is 2.28. The molecule has 2 rings (SSSR count). The van der Waals surface area contributed by atoms with Crippen molar-refractivity contribution in [3.05, 3.63) is 29.8 Å². The molecule has 4 nitrogen and oxygen atoms in total. The first-order valence-electron chi connectivity index (χ1n) is 7.44. The van der Waals surface area contributed by atoms with Gasteiger partial charge in [-0.15, -0.1) is 0 Å². The molecule has 1 unspecified atom stereocenters. The van der Waals surface area contributed by atoms with Gasteiger partial charge in [0.1, 0.15) is 0 Å². The molecule has 1 saturated heterocycles. The molecule has 0 aromatic heterocycles. The Hall–Kier alpha value is -1.55. The molecule has 0 radical (unpaired) electrons. The minimum absolute atomic E-state index is 0.180. The van der Waals surface area contributed by atoms with Crippen molar-refractivity contribution >= 4 is 11.6 Å². The van der Waals surface area contributed by atoms with Crippen LogP contribution in [-0.4, -0.2) is 44.0 Å². The summed E-state index contributed by atoms with van der Waals surface area (Å²) < 4.78 is 0. The molecule has 4 heteroatoms. The topological polar surface area (TPSA) is 35.6 Å². The molecule has 1 N–H and O–H groups in total. The molecule has 20 heavy (non-hydrogen) atoms. The van der Waals surface area contributed by atoms with Crippen LogP contribution in [0.15, 0.2) is 24.3 Å². The smallest absolute Gasteiger partial charge is 0.219 e. The molecule has 110 valence electrons. The highest BCUT2D eigenvalue weighted by atomic mass is 16.2. The molecule has 1 heterocycles. The molecule has 0 spiro atoms.